The van der Waals surface area contributed by atoms with Crippen LogP contribution in [0.25, 0.3) is 0 Å². The highest BCUT2D eigenvalue weighted by molar-refractivity contribution is 5.22. The van der Waals surface area contributed by atoms with Crippen LogP contribution in [0.3, 0.4) is 0 Å². The summed E-state index contributed by atoms with van der Waals surface area (Å²) in [6.07, 6.45) is 6.63. The lowest BCUT2D eigenvalue weighted by molar-refractivity contribution is 0.00706. The van der Waals surface area contributed by atoms with Crippen molar-refractivity contribution >= 4 is 0 Å². The Morgan fingerprint density at radius 2 is 2.00 bits per heavy atom. The van der Waals surface area contributed by atoms with Gasteiger partial charge in [0.15, 0.2) is 0 Å². The van der Waals surface area contributed by atoms with Gasteiger partial charge in [-0.2, -0.15) is 0 Å². The number of nitrogens with zero attached hydrogens (tertiary/aromatic N) is 3. The van der Waals surface area contributed by atoms with E-state index in [0.29, 0.717) is 25.8 Å². The number of rotatable bonds is 7. The molecule has 5 nitrogen and oxygen atoms in total. The van der Waals surface area contributed by atoms with Crippen LogP contribution in [0.2, 0.25) is 0 Å². The second kappa shape index (κ2) is 8.55. The maximum atomic E-state index is 10.5. The van der Waals surface area contributed by atoms with Gasteiger partial charge in [0.2, 0.25) is 0 Å². The van der Waals surface area contributed by atoms with Crippen molar-refractivity contribution in [1.82, 2.24) is 14.5 Å². The van der Waals surface area contributed by atoms with Gasteiger partial charge < -0.3 is 14.4 Å². The van der Waals surface area contributed by atoms with Crippen molar-refractivity contribution in [1.29, 1.82) is 0 Å². The van der Waals surface area contributed by atoms with Crippen LogP contribution in [0.1, 0.15) is 54.5 Å². The first-order chi connectivity index (χ1) is 13.2. The van der Waals surface area contributed by atoms with Gasteiger partial charge in [-0.1, -0.05) is 30.3 Å². The van der Waals surface area contributed by atoms with E-state index in [1.54, 1.807) is 0 Å². The molecule has 1 aromatic carbocycles. The minimum absolute atomic E-state index is 0.323. The average molecular weight is 370 g/mol. The summed E-state index contributed by atoms with van der Waals surface area (Å²) < 4.78 is 8.05. The van der Waals surface area contributed by atoms with Crippen LogP contribution in [0, 0.1) is 0 Å². The topological polar surface area (TPSA) is 50.5 Å². The molecule has 1 fully saturated rings. The molecule has 4 rings (SSSR count). The number of likely N-dealkylation sites (tertiary alicyclic amines) is 1. The maximum Gasteiger partial charge on any atom is 0.126 e. The fraction of sp³-hybridized carbons (Fsp3) is 0.591. The number of aliphatic hydroxyl groups is 1. The first-order valence-electron chi connectivity index (χ1n) is 10.3. The number of aryl methyl sites for hydroxylation is 1. The zero-order chi connectivity index (χ0) is 18.6. The molecule has 2 aliphatic rings. The van der Waals surface area contributed by atoms with Crippen molar-refractivity contribution < 1.29 is 9.84 Å². The molecule has 1 aliphatic carbocycles. The first-order valence-corrected chi connectivity index (χ1v) is 10.3. The van der Waals surface area contributed by atoms with Crippen LogP contribution in [-0.4, -0.2) is 45.4 Å². The van der Waals surface area contributed by atoms with E-state index in [9.17, 15) is 5.11 Å². The standard InChI is InChI=1S/C22H31N3O2/c1-24-20-11-6-5-10-19(20)23-22(24)21-12-7-13-25(21)14-18(26)16-27-15-17-8-3-2-4-9-17/h2-4,8-9,18,21,26H,5-7,10-16H2,1H3. The van der Waals surface area contributed by atoms with E-state index >= 15 is 0 Å². The zero-order valence-corrected chi connectivity index (χ0v) is 16.3. The summed E-state index contributed by atoms with van der Waals surface area (Å²) in [7, 11) is 2.17. The minimum Gasteiger partial charge on any atom is -0.389 e. The molecular formula is C22H31N3O2. The molecule has 0 radical (unpaired) electrons. The third-order valence-corrected chi connectivity index (χ3v) is 5.94. The Morgan fingerprint density at radius 1 is 1.19 bits per heavy atom. The molecule has 1 saturated heterocycles. The molecule has 146 valence electrons. The molecule has 0 bridgehead atoms. The fourth-order valence-corrected chi connectivity index (χ4v) is 4.55. The van der Waals surface area contributed by atoms with Crippen LogP contribution in [0.15, 0.2) is 30.3 Å². The maximum absolute atomic E-state index is 10.5. The van der Waals surface area contributed by atoms with Crippen molar-refractivity contribution in [2.24, 2.45) is 7.05 Å². The first kappa shape index (κ1) is 18.7. The van der Waals surface area contributed by atoms with E-state index in [1.165, 1.54) is 36.5 Å². The van der Waals surface area contributed by atoms with Gasteiger partial charge in [-0.05, 0) is 50.6 Å². The van der Waals surface area contributed by atoms with Crippen LogP contribution in [-0.2, 0) is 31.2 Å². The lowest BCUT2D eigenvalue weighted by atomic mass is 10.0. The molecule has 1 aromatic heterocycles. The van der Waals surface area contributed by atoms with Crippen LogP contribution in [0.5, 0.6) is 0 Å². The molecule has 27 heavy (non-hydrogen) atoms. The monoisotopic (exact) mass is 369 g/mol. The fourth-order valence-electron chi connectivity index (χ4n) is 4.55. The Labute approximate surface area is 162 Å². The van der Waals surface area contributed by atoms with Crippen molar-refractivity contribution in [3.05, 3.63) is 53.1 Å². The molecule has 1 N–H and O–H groups in total. The smallest absolute Gasteiger partial charge is 0.126 e. The van der Waals surface area contributed by atoms with Gasteiger partial charge in [-0.15, -0.1) is 0 Å². The number of imidazole rings is 1. The molecule has 1 aliphatic heterocycles. The summed E-state index contributed by atoms with van der Waals surface area (Å²) >= 11 is 0. The summed E-state index contributed by atoms with van der Waals surface area (Å²) in [5.41, 5.74) is 3.87. The van der Waals surface area contributed by atoms with E-state index in [2.05, 4.69) is 16.5 Å². The SMILES string of the molecule is Cn1c(C2CCCN2CC(O)COCc2ccccc2)nc2c1CCCC2. The molecule has 2 unspecified atom stereocenters. The Bertz CT molecular complexity index is 744. The van der Waals surface area contributed by atoms with Gasteiger partial charge >= 0.3 is 0 Å². The van der Waals surface area contributed by atoms with E-state index in [-0.39, 0.29) is 0 Å². The van der Waals surface area contributed by atoms with Crippen LogP contribution < -0.4 is 0 Å². The van der Waals surface area contributed by atoms with Crippen molar-refractivity contribution in [3.63, 3.8) is 0 Å². The second-order valence-corrected chi connectivity index (χ2v) is 7.94. The van der Waals surface area contributed by atoms with Crippen LogP contribution >= 0.6 is 0 Å². The Morgan fingerprint density at radius 3 is 2.81 bits per heavy atom. The number of aliphatic hydroxyl groups excluding tert-OH is 1. The molecule has 0 saturated carbocycles. The quantitative estimate of drug-likeness (QED) is 0.815. The summed E-state index contributed by atoms with van der Waals surface area (Å²) in [4.78, 5) is 7.39. The highest BCUT2D eigenvalue weighted by Gasteiger charge is 2.32. The molecule has 2 heterocycles. The summed E-state index contributed by atoms with van der Waals surface area (Å²) in [6.45, 7) is 2.59. The van der Waals surface area contributed by atoms with Gasteiger partial charge in [0, 0.05) is 19.3 Å². The Kier molecular flexibility index (Phi) is 5.91. The summed E-state index contributed by atoms with van der Waals surface area (Å²) in [5, 5.41) is 10.5. The molecular weight excluding hydrogens is 338 g/mol. The van der Waals surface area contributed by atoms with Gasteiger partial charge in [0.1, 0.15) is 5.82 Å². The Balaban J connectivity index is 1.34. The predicted molar refractivity (Wildman–Crippen MR) is 106 cm³/mol. The number of aromatic nitrogens is 2. The number of hydrogen-bond acceptors (Lipinski definition) is 4. The molecule has 2 aromatic rings. The third kappa shape index (κ3) is 4.26. The lowest BCUT2D eigenvalue weighted by Crippen LogP contribution is -2.35. The molecule has 0 amide bonds. The third-order valence-electron chi connectivity index (χ3n) is 5.94. The highest BCUT2D eigenvalue weighted by atomic mass is 16.5. The van der Waals surface area contributed by atoms with Gasteiger partial charge in [0.05, 0.1) is 31.1 Å². The van der Waals surface area contributed by atoms with Crippen molar-refractivity contribution in [2.75, 3.05) is 19.7 Å². The van der Waals surface area contributed by atoms with E-state index in [4.69, 9.17) is 9.72 Å². The second-order valence-electron chi connectivity index (χ2n) is 7.94. The normalized spacial score (nSPS) is 21.3. The Hall–Kier alpha value is -1.69. The number of β-amino-alcohol motifs (C(OH)–C–C–N with tert-alkyl or cyclic N) is 1. The predicted octanol–water partition coefficient (Wildman–Crippen LogP) is 3.01. The van der Waals surface area contributed by atoms with E-state index in [0.717, 1.165) is 31.4 Å². The molecule has 5 heteroatoms. The van der Waals surface area contributed by atoms with Crippen molar-refractivity contribution in [2.45, 2.75) is 57.3 Å². The van der Waals surface area contributed by atoms with E-state index < -0.39 is 6.10 Å². The van der Waals surface area contributed by atoms with E-state index in [1.807, 2.05) is 30.3 Å². The van der Waals surface area contributed by atoms with Crippen LogP contribution in [0.4, 0.5) is 0 Å². The molecule has 0 spiro atoms. The van der Waals surface area contributed by atoms with Gasteiger partial charge in [-0.3, -0.25) is 4.90 Å². The number of ether oxygens (including phenoxy) is 1. The minimum atomic E-state index is -0.468. The van der Waals surface area contributed by atoms with Gasteiger partial charge in [-0.25, -0.2) is 4.98 Å². The largest absolute Gasteiger partial charge is 0.389 e. The molecule has 2 atom stereocenters. The average Bonchev–Trinajstić information content (AvgIpc) is 3.27. The zero-order valence-electron chi connectivity index (χ0n) is 16.3. The summed E-state index contributed by atoms with van der Waals surface area (Å²) in [5.74, 6) is 1.19. The number of hydrogen-bond donors (Lipinski definition) is 1. The number of benzene rings is 1. The number of fused-ring (bicyclic) bond motifs is 1. The summed E-state index contributed by atoms with van der Waals surface area (Å²) in [6, 6.07) is 10.4. The highest BCUT2D eigenvalue weighted by Crippen LogP contribution is 2.33. The van der Waals surface area contributed by atoms with Crippen molar-refractivity contribution in [3.8, 4) is 0 Å². The lowest BCUT2D eigenvalue weighted by Gasteiger charge is -2.26. The van der Waals surface area contributed by atoms with Gasteiger partial charge in [0.25, 0.3) is 0 Å².